The van der Waals surface area contributed by atoms with Crippen molar-refractivity contribution < 1.29 is 27.4 Å². The van der Waals surface area contributed by atoms with E-state index in [4.69, 9.17) is 9.47 Å². The van der Waals surface area contributed by atoms with Gasteiger partial charge in [0, 0.05) is 13.1 Å². The summed E-state index contributed by atoms with van der Waals surface area (Å²) in [6.07, 6.45) is -5.38. The van der Waals surface area contributed by atoms with E-state index in [0.29, 0.717) is 5.88 Å². The molecule has 0 saturated heterocycles. The van der Waals surface area contributed by atoms with Crippen LogP contribution in [0.1, 0.15) is 5.56 Å². The number of anilines is 1. The van der Waals surface area contributed by atoms with E-state index in [9.17, 15) is 18.0 Å². The molecule has 1 amide bonds. The van der Waals surface area contributed by atoms with Crippen LogP contribution in [-0.4, -0.2) is 25.2 Å². The van der Waals surface area contributed by atoms with Gasteiger partial charge in [-0.2, -0.15) is 18.2 Å². The highest BCUT2D eigenvalue weighted by molar-refractivity contribution is 5.87. The molecule has 23 heavy (non-hydrogen) atoms. The number of nitrogens with zero attached hydrogens (tertiary/aromatic N) is 2. The third-order valence-electron chi connectivity index (χ3n) is 2.90. The predicted octanol–water partition coefficient (Wildman–Crippen LogP) is 3.74. The lowest BCUT2D eigenvalue weighted by Crippen LogP contribution is -2.30. The Morgan fingerprint density at radius 1 is 1.17 bits per heavy atom. The van der Waals surface area contributed by atoms with Crippen LogP contribution in [0.2, 0.25) is 0 Å². The first-order valence-electron chi connectivity index (χ1n) is 6.45. The number of carbonyl (C=O) groups excluding carboxylic acids is 1. The number of alkyl halides is 3. The second-order valence-corrected chi connectivity index (χ2v) is 4.49. The third-order valence-corrected chi connectivity index (χ3v) is 2.90. The zero-order chi connectivity index (χ0) is 17.0. The summed E-state index contributed by atoms with van der Waals surface area (Å²) in [5, 5.41) is 0. The predicted molar refractivity (Wildman–Crippen MR) is 76.7 cm³/mol. The van der Waals surface area contributed by atoms with E-state index >= 15 is 0 Å². The van der Waals surface area contributed by atoms with E-state index in [1.807, 2.05) is 0 Å². The molecule has 0 unspecified atom stereocenters. The number of hydrogen-bond acceptors (Lipinski definition) is 4. The lowest BCUT2D eigenvalue weighted by Gasteiger charge is -2.16. The number of rotatable bonds is 3. The number of hydrogen-bond donors (Lipinski definition) is 0. The van der Waals surface area contributed by atoms with Gasteiger partial charge in [0.1, 0.15) is 11.6 Å². The second kappa shape index (κ2) is 6.55. The van der Waals surface area contributed by atoms with Crippen LogP contribution in [0.15, 0.2) is 42.5 Å². The van der Waals surface area contributed by atoms with Crippen LogP contribution in [0.5, 0.6) is 11.6 Å². The number of benzene rings is 1. The number of amides is 1. The van der Waals surface area contributed by atoms with Gasteiger partial charge < -0.3 is 9.47 Å². The van der Waals surface area contributed by atoms with E-state index in [0.717, 1.165) is 23.1 Å². The van der Waals surface area contributed by atoms with Gasteiger partial charge in [-0.25, -0.2) is 4.79 Å². The summed E-state index contributed by atoms with van der Waals surface area (Å²) in [5.74, 6) is 0.321. The lowest BCUT2D eigenvalue weighted by molar-refractivity contribution is -0.137. The third kappa shape index (κ3) is 4.12. The fraction of sp³-hybridized carbons (Fsp3) is 0.200. The van der Waals surface area contributed by atoms with Crippen LogP contribution in [0, 0.1) is 0 Å². The molecule has 1 heterocycles. The SMILES string of the molecule is COc1cccc(N(C)C(=O)Oc2cccc(C(F)(F)F)c2)n1. The molecule has 2 aromatic rings. The second-order valence-electron chi connectivity index (χ2n) is 4.49. The van der Waals surface area contributed by atoms with Gasteiger partial charge in [0.25, 0.3) is 0 Å². The molecule has 0 aliphatic heterocycles. The van der Waals surface area contributed by atoms with Gasteiger partial charge in [-0.05, 0) is 24.3 Å². The molecule has 2 rings (SSSR count). The fourth-order valence-corrected chi connectivity index (χ4v) is 1.70. The Morgan fingerprint density at radius 3 is 2.52 bits per heavy atom. The minimum absolute atomic E-state index is 0.209. The average molecular weight is 326 g/mol. The van der Waals surface area contributed by atoms with Crippen molar-refractivity contribution in [2.45, 2.75) is 6.18 Å². The van der Waals surface area contributed by atoms with Gasteiger partial charge in [0.05, 0.1) is 12.7 Å². The van der Waals surface area contributed by atoms with Gasteiger partial charge in [0.15, 0.2) is 0 Å². The molecule has 1 aromatic carbocycles. The van der Waals surface area contributed by atoms with Crippen LogP contribution < -0.4 is 14.4 Å². The van der Waals surface area contributed by atoms with Crippen LogP contribution in [0.25, 0.3) is 0 Å². The highest BCUT2D eigenvalue weighted by Crippen LogP contribution is 2.31. The van der Waals surface area contributed by atoms with Gasteiger partial charge in [-0.15, -0.1) is 0 Å². The lowest BCUT2D eigenvalue weighted by atomic mass is 10.2. The molecule has 0 aliphatic rings. The highest BCUT2D eigenvalue weighted by atomic mass is 19.4. The van der Waals surface area contributed by atoms with Gasteiger partial charge in [-0.1, -0.05) is 12.1 Å². The molecule has 1 aromatic heterocycles. The minimum Gasteiger partial charge on any atom is -0.481 e. The summed E-state index contributed by atoms with van der Waals surface area (Å²) >= 11 is 0. The monoisotopic (exact) mass is 326 g/mol. The van der Waals surface area contributed by atoms with Crippen molar-refractivity contribution >= 4 is 11.9 Å². The first-order chi connectivity index (χ1) is 10.8. The Hall–Kier alpha value is -2.77. The summed E-state index contributed by atoms with van der Waals surface area (Å²) in [6, 6.07) is 8.82. The van der Waals surface area contributed by atoms with E-state index in [2.05, 4.69) is 4.98 Å². The Morgan fingerprint density at radius 2 is 1.87 bits per heavy atom. The van der Waals surface area contributed by atoms with Crippen LogP contribution in [-0.2, 0) is 6.18 Å². The molecule has 0 radical (unpaired) electrons. The number of halogens is 3. The van der Waals surface area contributed by atoms with Crippen molar-refractivity contribution in [3.63, 3.8) is 0 Å². The summed E-state index contributed by atoms with van der Waals surface area (Å²) in [4.78, 5) is 17.1. The van der Waals surface area contributed by atoms with Crippen molar-refractivity contribution in [3.8, 4) is 11.6 Å². The van der Waals surface area contributed by atoms with Gasteiger partial charge in [0.2, 0.25) is 5.88 Å². The van der Waals surface area contributed by atoms with Crippen molar-refractivity contribution in [2.75, 3.05) is 19.1 Å². The standard InChI is InChI=1S/C15H13F3N2O3/c1-20(12-7-4-8-13(19-12)22-2)14(21)23-11-6-3-5-10(9-11)15(16,17)18/h3-9H,1-2H3. The number of carbonyl (C=O) groups is 1. The van der Waals surface area contributed by atoms with Crippen LogP contribution in [0.4, 0.5) is 23.8 Å². The summed E-state index contributed by atoms with van der Waals surface area (Å²) in [5.41, 5.74) is -0.898. The maximum atomic E-state index is 12.6. The first kappa shape index (κ1) is 16.6. The first-order valence-corrected chi connectivity index (χ1v) is 6.45. The molecule has 0 atom stereocenters. The fourth-order valence-electron chi connectivity index (χ4n) is 1.70. The van der Waals surface area contributed by atoms with Crippen molar-refractivity contribution in [1.29, 1.82) is 0 Å². The Bertz CT molecular complexity index is 704. The molecule has 8 heteroatoms. The highest BCUT2D eigenvalue weighted by Gasteiger charge is 2.31. The maximum Gasteiger partial charge on any atom is 0.420 e. The zero-order valence-electron chi connectivity index (χ0n) is 12.3. The molecule has 0 spiro atoms. The molecule has 0 bridgehead atoms. The average Bonchev–Trinajstić information content (AvgIpc) is 2.53. The number of aromatic nitrogens is 1. The quantitative estimate of drug-likeness (QED) is 0.862. The van der Waals surface area contributed by atoms with Crippen molar-refractivity contribution in [2.24, 2.45) is 0 Å². The molecule has 0 N–H and O–H groups in total. The summed E-state index contributed by atoms with van der Waals surface area (Å²) in [6.45, 7) is 0. The Kier molecular flexibility index (Phi) is 4.73. The van der Waals surface area contributed by atoms with E-state index in [1.54, 1.807) is 12.1 Å². The van der Waals surface area contributed by atoms with Crippen molar-refractivity contribution in [3.05, 3.63) is 48.0 Å². The topological polar surface area (TPSA) is 51.7 Å². The summed E-state index contributed by atoms with van der Waals surface area (Å²) < 4.78 is 47.8. The number of pyridine rings is 1. The van der Waals surface area contributed by atoms with Crippen LogP contribution >= 0.6 is 0 Å². The van der Waals surface area contributed by atoms with Crippen LogP contribution in [0.3, 0.4) is 0 Å². The van der Waals surface area contributed by atoms with Crippen molar-refractivity contribution in [1.82, 2.24) is 4.98 Å². The molecule has 0 fully saturated rings. The maximum absolute atomic E-state index is 12.6. The smallest absolute Gasteiger partial charge is 0.420 e. The zero-order valence-corrected chi connectivity index (χ0v) is 12.3. The normalized spacial score (nSPS) is 11.0. The van der Waals surface area contributed by atoms with E-state index in [1.165, 1.54) is 26.3 Å². The molecule has 0 saturated carbocycles. The molecule has 122 valence electrons. The van der Waals surface area contributed by atoms with Gasteiger partial charge in [-0.3, -0.25) is 4.90 Å². The largest absolute Gasteiger partial charge is 0.481 e. The molecular formula is C15H13F3N2O3. The molecule has 0 aliphatic carbocycles. The minimum atomic E-state index is -4.51. The van der Waals surface area contributed by atoms with Gasteiger partial charge >= 0.3 is 12.3 Å². The number of ether oxygens (including phenoxy) is 2. The van der Waals surface area contributed by atoms with E-state index in [-0.39, 0.29) is 11.6 Å². The molecular weight excluding hydrogens is 313 g/mol. The summed E-state index contributed by atoms with van der Waals surface area (Å²) in [7, 11) is 2.81. The number of methoxy groups -OCH3 is 1. The Labute approximate surface area is 130 Å². The Balaban J connectivity index is 2.15. The van der Waals surface area contributed by atoms with E-state index < -0.39 is 17.8 Å². The molecule has 5 nitrogen and oxygen atoms in total.